The molecule has 0 radical (unpaired) electrons. The van der Waals surface area contributed by atoms with E-state index in [1.54, 1.807) is 38.7 Å². The van der Waals surface area contributed by atoms with Gasteiger partial charge in [-0.05, 0) is 43.2 Å². The Labute approximate surface area is 178 Å². The molecule has 0 bridgehead atoms. The molecule has 7 nitrogen and oxygen atoms in total. The quantitative estimate of drug-likeness (QED) is 0.473. The van der Waals surface area contributed by atoms with Gasteiger partial charge >= 0.3 is 5.63 Å². The fourth-order valence-corrected chi connectivity index (χ4v) is 3.66. The lowest BCUT2D eigenvalue weighted by Gasteiger charge is -2.12. The number of benzene rings is 2. The molecule has 31 heavy (non-hydrogen) atoms. The van der Waals surface area contributed by atoms with Crippen molar-refractivity contribution < 1.29 is 23.1 Å². The average molecular weight is 421 g/mol. The number of amides is 1. The largest absolute Gasteiger partial charge is 0.497 e. The van der Waals surface area contributed by atoms with Crippen LogP contribution in [-0.4, -0.2) is 20.1 Å². The highest BCUT2D eigenvalue weighted by molar-refractivity contribution is 5.96. The number of fused-ring (bicyclic) bond motifs is 2. The minimum absolute atomic E-state index is 0.0784. The molecule has 0 spiro atoms. The summed E-state index contributed by atoms with van der Waals surface area (Å²) in [6.45, 7) is 4.04. The number of nitrogens with one attached hydrogen (secondary N) is 1. The molecule has 0 atom stereocenters. The van der Waals surface area contributed by atoms with Gasteiger partial charge in [0.2, 0.25) is 5.91 Å². The summed E-state index contributed by atoms with van der Waals surface area (Å²) in [6, 6.07) is 9.02. The summed E-state index contributed by atoms with van der Waals surface area (Å²) >= 11 is 0. The molecule has 2 heterocycles. The number of carbonyl (C=O) groups excluding carboxylic acids is 1. The second kappa shape index (κ2) is 8.18. The van der Waals surface area contributed by atoms with Gasteiger partial charge in [-0.3, -0.25) is 4.79 Å². The summed E-state index contributed by atoms with van der Waals surface area (Å²) in [5, 5.41) is 4.58. The number of hydrogen-bond donors (Lipinski definition) is 1. The van der Waals surface area contributed by atoms with Gasteiger partial charge in [-0.1, -0.05) is 0 Å². The molecular weight excluding hydrogens is 398 g/mol. The van der Waals surface area contributed by atoms with Crippen LogP contribution in [0.3, 0.4) is 0 Å². The summed E-state index contributed by atoms with van der Waals surface area (Å²) in [5.41, 5.74) is 3.44. The van der Waals surface area contributed by atoms with Crippen molar-refractivity contribution in [2.24, 2.45) is 0 Å². The first kappa shape index (κ1) is 20.5. The van der Waals surface area contributed by atoms with Gasteiger partial charge in [0.25, 0.3) is 0 Å². The lowest BCUT2D eigenvalue weighted by Crippen LogP contribution is -2.27. The number of methoxy groups -OCH3 is 2. The molecule has 0 saturated heterocycles. The molecule has 0 fully saturated rings. The summed E-state index contributed by atoms with van der Waals surface area (Å²) < 4.78 is 21.5. The van der Waals surface area contributed by atoms with E-state index >= 15 is 0 Å². The minimum atomic E-state index is -0.523. The van der Waals surface area contributed by atoms with Crippen LogP contribution >= 0.6 is 0 Å². The lowest BCUT2D eigenvalue weighted by molar-refractivity contribution is -0.120. The van der Waals surface area contributed by atoms with Gasteiger partial charge < -0.3 is 23.6 Å². The van der Waals surface area contributed by atoms with Gasteiger partial charge in [0, 0.05) is 35.0 Å². The first-order chi connectivity index (χ1) is 14.9. The molecule has 0 saturated carbocycles. The van der Waals surface area contributed by atoms with Gasteiger partial charge in [-0.25, -0.2) is 4.79 Å². The molecule has 160 valence electrons. The zero-order valence-electron chi connectivity index (χ0n) is 17.8. The molecule has 4 rings (SSSR count). The van der Waals surface area contributed by atoms with Crippen molar-refractivity contribution in [1.82, 2.24) is 5.32 Å². The predicted molar refractivity (Wildman–Crippen MR) is 117 cm³/mol. The predicted octanol–water partition coefficient (Wildman–Crippen LogP) is 4.03. The normalized spacial score (nSPS) is 11.1. The number of aryl methyl sites for hydroxylation is 2. The second-order valence-electron chi connectivity index (χ2n) is 7.39. The van der Waals surface area contributed by atoms with Crippen LogP contribution in [0.5, 0.6) is 11.5 Å². The molecule has 0 unspecified atom stereocenters. The molecule has 4 aromatic rings. The molecule has 7 heteroatoms. The summed E-state index contributed by atoms with van der Waals surface area (Å²) in [6.07, 6.45) is 1.59. The highest BCUT2D eigenvalue weighted by Crippen LogP contribution is 2.29. The molecule has 1 amide bonds. The Hall–Kier alpha value is -3.74. The van der Waals surface area contributed by atoms with E-state index in [1.807, 2.05) is 26.0 Å². The van der Waals surface area contributed by atoms with Crippen LogP contribution in [0.15, 0.2) is 50.2 Å². The van der Waals surface area contributed by atoms with Crippen LogP contribution in [0.4, 0.5) is 0 Å². The first-order valence-electron chi connectivity index (χ1n) is 9.83. The van der Waals surface area contributed by atoms with E-state index in [-0.39, 0.29) is 18.9 Å². The third-order valence-corrected chi connectivity index (χ3v) is 5.48. The number of rotatable bonds is 6. The summed E-state index contributed by atoms with van der Waals surface area (Å²) in [7, 11) is 3.13. The highest BCUT2D eigenvalue weighted by atomic mass is 16.5. The standard InChI is InChI=1S/C24H23NO6/c1-13-12-30-21-10-22-18(8-17(13)21)14(2)19(24(27)31-22)9-23(26)25-11-15-5-6-16(28-3)7-20(15)29-4/h5-8,10,12H,9,11H2,1-4H3,(H,25,26). The number of ether oxygens (including phenoxy) is 2. The number of hydrogen-bond acceptors (Lipinski definition) is 6. The van der Waals surface area contributed by atoms with Crippen LogP contribution < -0.4 is 20.4 Å². The summed E-state index contributed by atoms with van der Waals surface area (Å²) in [5.74, 6) is 0.993. The maximum absolute atomic E-state index is 12.6. The van der Waals surface area contributed by atoms with E-state index < -0.39 is 5.63 Å². The average Bonchev–Trinajstić information content (AvgIpc) is 3.13. The van der Waals surface area contributed by atoms with Crippen molar-refractivity contribution in [2.45, 2.75) is 26.8 Å². The molecule has 2 aromatic carbocycles. The lowest BCUT2D eigenvalue weighted by atomic mass is 10.0. The van der Waals surface area contributed by atoms with E-state index in [2.05, 4.69) is 5.32 Å². The Bertz CT molecular complexity index is 1350. The van der Waals surface area contributed by atoms with E-state index in [9.17, 15) is 9.59 Å². The third-order valence-electron chi connectivity index (χ3n) is 5.48. The van der Waals surface area contributed by atoms with E-state index in [4.69, 9.17) is 18.3 Å². The zero-order chi connectivity index (χ0) is 22.1. The monoisotopic (exact) mass is 421 g/mol. The maximum atomic E-state index is 12.6. The molecule has 0 aliphatic carbocycles. The first-order valence-corrected chi connectivity index (χ1v) is 9.83. The number of furan rings is 1. The van der Waals surface area contributed by atoms with Gasteiger partial charge in [0.05, 0.1) is 32.5 Å². The molecule has 0 aliphatic rings. The van der Waals surface area contributed by atoms with Gasteiger partial charge in [0.1, 0.15) is 22.7 Å². The zero-order valence-corrected chi connectivity index (χ0v) is 17.8. The maximum Gasteiger partial charge on any atom is 0.340 e. The van der Waals surface area contributed by atoms with Crippen molar-refractivity contribution in [3.63, 3.8) is 0 Å². The van der Waals surface area contributed by atoms with Gasteiger partial charge in [-0.2, -0.15) is 0 Å². The van der Waals surface area contributed by atoms with Crippen LogP contribution in [0.1, 0.15) is 22.3 Å². The Morgan fingerprint density at radius 1 is 1.03 bits per heavy atom. The molecule has 0 aliphatic heterocycles. The van der Waals surface area contributed by atoms with E-state index in [1.165, 1.54) is 0 Å². The molecular formula is C24H23NO6. The van der Waals surface area contributed by atoms with Crippen molar-refractivity contribution in [3.8, 4) is 11.5 Å². The SMILES string of the molecule is COc1ccc(CNC(=O)Cc2c(C)c3cc4c(C)coc4cc3oc2=O)c(OC)c1. The van der Waals surface area contributed by atoms with Crippen LogP contribution in [-0.2, 0) is 17.8 Å². The van der Waals surface area contributed by atoms with Crippen molar-refractivity contribution in [1.29, 1.82) is 0 Å². The van der Waals surface area contributed by atoms with Crippen molar-refractivity contribution >= 4 is 27.8 Å². The minimum Gasteiger partial charge on any atom is -0.497 e. The van der Waals surface area contributed by atoms with E-state index in [0.29, 0.717) is 28.2 Å². The van der Waals surface area contributed by atoms with Crippen LogP contribution in [0.25, 0.3) is 21.9 Å². The molecule has 1 N–H and O–H groups in total. The van der Waals surface area contributed by atoms with Crippen LogP contribution in [0.2, 0.25) is 0 Å². The Balaban J connectivity index is 1.58. The second-order valence-corrected chi connectivity index (χ2v) is 7.39. The fraction of sp³-hybridized carbons (Fsp3) is 0.250. The Morgan fingerprint density at radius 2 is 1.84 bits per heavy atom. The fourth-order valence-electron chi connectivity index (χ4n) is 3.66. The van der Waals surface area contributed by atoms with Gasteiger partial charge in [0.15, 0.2) is 0 Å². The smallest absolute Gasteiger partial charge is 0.340 e. The Kier molecular flexibility index (Phi) is 5.42. The van der Waals surface area contributed by atoms with Crippen molar-refractivity contribution in [3.05, 3.63) is 69.3 Å². The summed E-state index contributed by atoms with van der Waals surface area (Å²) in [4.78, 5) is 25.2. The topological polar surface area (TPSA) is 90.9 Å². The van der Waals surface area contributed by atoms with E-state index in [0.717, 1.165) is 27.5 Å². The third kappa shape index (κ3) is 3.86. The molecule has 2 aromatic heterocycles. The van der Waals surface area contributed by atoms with Crippen molar-refractivity contribution in [2.75, 3.05) is 14.2 Å². The Morgan fingerprint density at radius 3 is 2.58 bits per heavy atom. The highest BCUT2D eigenvalue weighted by Gasteiger charge is 2.17. The van der Waals surface area contributed by atoms with Gasteiger partial charge in [-0.15, -0.1) is 0 Å². The van der Waals surface area contributed by atoms with Crippen LogP contribution in [0, 0.1) is 13.8 Å². The number of carbonyl (C=O) groups is 1.